The number of nitrogens with one attached hydrogen (secondary N) is 1. The number of amides is 1. The third-order valence-corrected chi connectivity index (χ3v) is 4.57. The minimum atomic E-state index is -0.698. The van der Waals surface area contributed by atoms with Gasteiger partial charge in [0, 0.05) is 13.1 Å². The molecule has 0 radical (unpaired) electrons. The van der Waals surface area contributed by atoms with E-state index in [0.29, 0.717) is 5.69 Å². The van der Waals surface area contributed by atoms with Crippen molar-refractivity contribution in [2.24, 2.45) is 0 Å². The largest absolute Gasteiger partial charge is 0.387 e. The number of aliphatic hydroxyl groups excluding tert-OH is 1. The lowest BCUT2D eigenvalue weighted by molar-refractivity contribution is 0.0907. The van der Waals surface area contributed by atoms with E-state index >= 15 is 0 Å². The number of carbonyl (C=O) groups excluding carboxylic acids is 1. The van der Waals surface area contributed by atoms with Gasteiger partial charge in [0.05, 0.1) is 16.3 Å². The van der Waals surface area contributed by atoms with E-state index in [1.807, 2.05) is 59.3 Å². The second-order valence-corrected chi connectivity index (χ2v) is 6.03. The molecule has 0 aliphatic rings. The summed E-state index contributed by atoms with van der Waals surface area (Å²) in [6.07, 6.45) is -0.698. The first-order valence-corrected chi connectivity index (χ1v) is 8.16. The van der Waals surface area contributed by atoms with E-state index in [1.165, 1.54) is 0 Å². The molecule has 0 saturated heterocycles. The van der Waals surface area contributed by atoms with Gasteiger partial charge in [-0.05, 0) is 30.0 Å². The van der Waals surface area contributed by atoms with Gasteiger partial charge in [-0.2, -0.15) is 0 Å². The van der Waals surface area contributed by atoms with Crippen LogP contribution in [0.4, 0.5) is 0 Å². The van der Waals surface area contributed by atoms with E-state index in [4.69, 9.17) is 0 Å². The summed E-state index contributed by atoms with van der Waals surface area (Å²) < 4.78 is 3.10. The molecular formula is C17H18N2O2S. The number of rotatable bonds is 5. The van der Waals surface area contributed by atoms with E-state index < -0.39 is 6.10 Å². The molecule has 22 heavy (non-hydrogen) atoms. The lowest BCUT2D eigenvalue weighted by Crippen LogP contribution is -2.30. The van der Waals surface area contributed by atoms with Gasteiger partial charge in [0.15, 0.2) is 0 Å². The van der Waals surface area contributed by atoms with Crippen molar-refractivity contribution >= 4 is 27.5 Å². The van der Waals surface area contributed by atoms with E-state index in [0.717, 1.165) is 22.3 Å². The number of carbonyl (C=O) groups is 1. The number of nitrogens with zero attached hydrogens (tertiary/aromatic N) is 1. The molecule has 0 fully saturated rings. The summed E-state index contributed by atoms with van der Waals surface area (Å²) in [6, 6.07) is 13.3. The number of aliphatic hydroxyl groups is 1. The molecule has 4 nitrogen and oxygen atoms in total. The maximum atomic E-state index is 12.4. The van der Waals surface area contributed by atoms with Gasteiger partial charge in [-0.15, -0.1) is 11.3 Å². The highest BCUT2D eigenvalue weighted by atomic mass is 32.1. The summed E-state index contributed by atoms with van der Waals surface area (Å²) in [6.45, 7) is 2.96. The highest BCUT2D eigenvalue weighted by Crippen LogP contribution is 2.25. The lowest BCUT2D eigenvalue weighted by Gasteiger charge is -2.13. The minimum Gasteiger partial charge on any atom is -0.387 e. The van der Waals surface area contributed by atoms with Gasteiger partial charge in [0.2, 0.25) is 0 Å². The van der Waals surface area contributed by atoms with Crippen LogP contribution >= 0.6 is 11.3 Å². The first-order valence-electron chi connectivity index (χ1n) is 7.28. The molecule has 1 amide bonds. The van der Waals surface area contributed by atoms with Crippen LogP contribution in [0.25, 0.3) is 10.2 Å². The smallest absolute Gasteiger partial charge is 0.268 e. The Morgan fingerprint density at radius 3 is 2.82 bits per heavy atom. The molecule has 2 aromatic heterocycles. The van der Waals surface area contributed by atoms with Crippen LogP contribution in [0.2, 0.25) is 0 Å². The maximum Gasteiger partial charge on any atom is 0.268 e. The van der Waals surface area contributed by atoms with Crippen molar-refractivity contribution in [3.05, 3.63) is 59.1 Å². The number of aryl methyl sites for hydroxylation is 1. The Bertz CT molecular complexity index is 776. The van der Waals surface area contributed by atoms with Gasteiger partial charge in [0.25, 0.3) is 5.91 Å². The zero-order valence-corrected chi connectivity index (χ0v) is 13.1. The van der Waals surface area contributed by atoms with E-state index in [9.17, 15) is 9.90 Å². The first-order chi connectivity index (χ1) is 10.7. The number of hydrogen-bond donors (Lipinski definition) is 2. The molecule has 5 heteroatoms. The van der Waals surface area contributed by atoms with Crippen LogP contribution in [0.3, 0.4) is 0 Å². The zero-order chi connectivity index (χ0) is 15.5. The highest BCUT2D eigenvalue weighted by Gasteiger charge is 2.16. The number of fused-ring (bicyclic) bond motifs is 1. The fraction of sp³-hybridized carbons (Fsp3) is 0.235. The number of aromatic nitrogens is 1. The molecule has 0 spiro atoms. The van der Waals surface area contributed by atoms with Gasteiger partial charge < -0.3 is 15.0 Å². The molecular weight excluding hydrogens is 296 g/mol. The van der Waals surface area contributed by atoms with E-state index in [1.54, 1.807) is 11.3 Å². The first kappa shape index (κ1) is 14.8. The van der Waals surface area contributed by atoms with Gasteiger partial charge >= 0.3 is 0 Å². The summed E-state index contributed by atoms with van der Waals surface area (Å²) in [7, 11) is 0. The molecule has 1 aromatic carbocycles. The third-order valence-electron chi connectivity index (χ3n) is 3.71. The highest BCUT2D eigenvalue weighted by molar-refractivity contribution is 7.17. The number of thiophene rings is 1. The summed E-state index contributed by atoms with van der Waals surface area (Å²) >= 11 is 1.63. The SMILES string of the molecule is CCn1c(C(=O)NCC(O)c2ccccc2)cc2sccc21. The van der Waals surface area contributed by atoms with Crippen LogP contribution in [0, 0.1) is 0 Å². The van der Waals surface area contributed by atoms with Crippen LogP contribution in [-0.2, 0) is 6.54 Å². The lowest BCUT2D eigenvalue weighted by atomic mass is 10.1. The summed E-state index contributed by atoms with van der Waals surface area (Å²) in [5.74, 6) is -0.153. The quantitative estimate of drug-likeness (QED) is 0.760. The summed E-state index contributed by atoms with van der Waals surface area (Å²) in [5, 5.41) is 15.0. The monoisotopic (exact) mass is 314 g/mol. The standard InChI is InChI=1S/C17H18N2O2S/c1-2-19-13-8-9-22-16(13)10-14(19)17(21)18-11-15(20)12-6-4-3-5-7-12/h3-10,15,20H,2,11H2,1H3,(H,18,21). The van der Waals surface area contributed by atoms with Crippen LogP contribution < -0.4 is 5.32 Å². The molecule has 0 aliphatic heterocycles. The molecule has 0 saturated carbocycles. The van der Waals surface area contributed by atoms with Crippen LogP contribution in [0.15, 0.2) is 47.8 Å². The Labute approximate surface area is 133 Å². The van der Waals surface area contributed by atoms with Gasteiger partial charge in [-0.3, -0.25) is 4.79 Å². The Kier molecular flexibility index (Phi) is 4.27. The average molecular weight is 314 g/mol. The summed E-state index contributed by atoms with van der Waals surface area (Å²) in [4.78, 5) is 12.4. The van der Waals surface area contributed by atoms with Crippen LogP contribution in [0.5, 0.6) is 0 Å². The van der Waals surface area contributed by atoms with Crippen molar-refractivity contribution < 1.29 is 9.90 Å². The topological polar surface area (TPSA) is 54.3 Å². The van der Waals surface area contributed by atoms with Gasteiger partial charge in [-0.25, -0.2) is 0 Å². The zero-order valence-electron chi connectivity index (χ0n) is 12.3. The second kappa shape index (κ2) is 6.34. The second-order valence-electron chi connectivity index (χ2n) is 5.08. The molecule has 2 N–H and O–H groups in total. The van der Waals surface area contributed by atoms with Crippen molar-refractivity contribution in [2.75, 3.05) is 6.54 Å². The Morgan fingerprint density at radius 2 is 2.09 bits per heavy atom. The number of hydrogen-bond acceptors (Lipinski definition) is 3. The summed E-state index contributed by atoms with van der Waals surface area (Å²) in [5.41, 5.74) is 2.53. The predicted molar refractivity (Wildman–Crippen MR) is 89.2 cm³/mol. The Morgan fingerprint density at radius 1 is 1.32 bits per heavy atom. The molecule has 1 atom stereocenters. The number of benzene rings is 1. The van der Waals surface area contributed by atoms with Crippen LogP contribution in [0.1, 0.15) is 29.1 Å². The molecule has 3 rings (SSSR count). The Balaban J connectivity index is 1.72. The third kappa shape index (κ3) is 2.77. The molecule has 1 unspecified atom stereocenters. The van der Waals surface area contributed by atoms with Crippen molar-refractivity contribution in [1.29, 1.82) is 0 Å². The normalized spacial score (nSPS) is 12.5. The Hall–Kier alpha value is -2.11. The van der Waals surface area contributed by atoms with Crippen LogP contribution in [-0.4, -0.2) is 22.1 Å². The average Bonchev–Trinajstić information content (AvgIpc) is 3.13. The van der Waals surface area contributed by atoms with Gasteiger partial charge in [0.1, 0.15) is 5.69 Å². The van der Waals surface area contributed by atoms with Crippen molar-refractivity contribution in [3.8, 4) is 0 Å². The van der Waals surface area contributed by atoms with E-state index in [-0.39, 0.29) is 12.5 Å². The van der Waals surface area contributed by atoms with Gasteiger partial charge in [-0.1, -0.05) is 30.3 Å². The molecule has 3 aromatic rings. The maximum absolute atomic E-state index is 12.4. The fourth-order valence-corrected chi connectivity index (χ4v) is 3.40. The molecule has 2 heterocycles. The molecule has 114 valence electrons. The predicted octanol–water partition coefficient (Wildman–Crippen LogP) is 3.19. The van der Waals surface area contributed by atoms with E-state index in [2.05, 4.69) is 5.32 Å². The van der Waals surface area contributed by atoms with Crippen molar-refractivity contribution in [3.63, 3.8) is 0 Å². The minimum absolute atomic E-state index is 0.153. The van der Waals surface area contributed by atoms with Crippen molar-refractivity contribution in [2.45, 2.75) is 19.6 Å². The van der Waals surface area contributed by atoms with Crippen molar-refractivity contribution in [1.82, 2.24) is 9.88 Å². The molecule has 0 aliphatic carbocycles. The fourth-order valence-electron chi connectivity index (χ4n) is 2.58. The molecule has 0 bridgehead atoms.